The van der Waals surface area contributed by atoms with Crippen LogP contribution in [0, 0.1) is 5.82 Å². The normalized spacial score (nSPS) is 16.2. The summed E-state index contributed by atoms with van der Waals surface area (Å²) >= 11 is 3.32. The fourth-order valence-corrected chi connectivity index (χ4v) is 3.91. The van der Waals surface area contributed by atoms with Crippen LogP contribution in [0.4, 0.5) is 10.2 Å². The molecule has 0 spiro atoms. The molecule has 1 aliphatic rings. The Kier molecular flexibility index (Phi) is 7.96. The van der Waals surface area contributed by atoms with Gasteiger partial charge in [-0.25, -0.2) is 19.8 Å². The van der Waals surface area contributed by atoms with Crippen molar-refractivity contribution < 1.29 is 14.0 Å². The molecule has 2 heterocycles. The highest BCUT2D eigenvalue weighted by atomic mass is 79.9. The summed E-state index contributed by atoms with van der Waals surface area (Å²) in [7, 11) is 1.73. The zero-order valence-electron chi connectivity index (χ0n) is 16.4. The van der Waals surface area contributed by atoms with Gasteiger partial charge in [-0.05, 0) is 37.1 Å². The molecule has 1 N–H and O–H groups in total. The third-order valence-corrected chi connectivity index (χ3v) is 5.67. The van der Waals surface area contributed by atoms with Gasteiger partial charge in [0, 0.05) is 35.6 Å². The molecule has 30 heavy (non-hydrogen) atoms. The van der Waals surface area contributed by atoms with E-state index in [1.807, 2.05) is 30.3 Å². The van der Waals surface area contributed by atoms with Gasteiger partial charge in [-0.2, -0.15) is 0 Å². The number of piperidine rings is 1. The van der Waals surface area contributed by atoms with E-state index in [0.29, 0.717) is 15.9 Å². The molecule has 2 aromatic carbocycles. The van der Waals surface area contributed by atoms with Crippen molar-refractivity contribution >= 4 is 45.1 Å². The number of fused-ring (bicyclic) bond motifs is 1. The van der Waals surface area contributed by atoms with Crippen LogP contribution in [0.5, 0.6) is 0 Å². The highest BCUT2D eigenvalue weighted by molar-refractivity contribution is 9.10. The number of ether oxygens (including phenoxy) is 1. The second-order valence-corrected chi connectivity index (χ2v) is 7.86. The molecule has 0 bridgehead atoms. The van der Waals surface area contributed by atoms with E-state index >= 15 is 0 Å². The molecule has 1 saturated heterocycles. The van der Waals surface area contributed by atoms with Gasteiger partial charge in [0.1, 0.15) is 12.1 Å². The predicted molar refractivity (Wildman–Crippen MR) is 120 cm³/mol. The lowest BCUT2D eigenvalue weighted by atomic mass is 10.1. The number of hydrogen-bond donors (Lipinski definition) is 1. The molecule has 0 amide bonds. The van der Waals surface area contributed by atoms with Gasteiger partial charge >= 0.3 is 0 Å². The number of nitrogens with one attached hydrogen (secondary N) is 1. The van der Waals surface area contributed by atoms with Crippen molar-refractivity contribution in [2.24, 2.45) is 0 Å². The molecular formula is C21H23BrClFN4O2. The minimum Gasteiger partial charge on any atom is -0.381 e. The third-order valence-electron chi connectivity index (χ3n) is 5.18. The van der Waals surface area contributed by atoms with Gasteiger partial charge < -0.3 is 4.74 Å². The molecule has 1 aromatic heterocycles. The number of nitrogens with zero attached hydrogens (tertiary/aromatic N) is 3. The number of methoxy groups -OCH3 is 1. The van der Waals surface area contributed by atoms with E-state index in [9.17, 15) is 4.39 Å². The van der Waals surface area contributed by atoms with Gasteiger partial charge in [0.15, 0.2) is 12.0 Å². The summed E-state index contributed by atoms with van der Waals surface area (Å²) in [5.74, 6) is 0.220. The molecule has 1 aliphatic heterocycles. The van der Waals surface area contributed by atoms with Crippen LogP contribution in [-0.2, 0) is 9.57 Å². The monoisotopic (exact) mass is 496 g/mol. The number of hydrogen-bond acceptors (Lipinski definition) is 6. The first-order chi connectivity index (χ1) is 14.2. The molecule has 1 atom stereocenters. The zero-order chi connectivity index (χ0) is 20.2. The number of rotatable bonds is 6. The van der Waals surface area contributed by atoms with Gasteiger partial charge in [0.05, 0.1) is 11.6 Å². The van der Waals surface area contributed by atoms with Crippen LogP contribution in [0.1, 0.15) is 24.6 Å². The Hall–Kier alpha value is -1.84. The Morgan fingerprint density at radius 3 is 2.67 bits per heavy atom. The number of anilines is 1. The lowest BCUT2D eigenvalue weighted by Crippen LogP contribution is -2.41. The summed E-state index contributed by atoms with van der Waals surface area (Å²) in [5, 5.41) is 0.836. The Morgan fingerprint density at radius 1 is 1.17 bits per heavy atom. The van der Waals surface area contributed by atoms with Gasteiger partial charge in [-0.15, -0.1) is 12.4 Å². The highest BCUT2D eigenvalue weighted by Gasteiger charge is 2.29. The maximum atomic E-state index is 14.8. The molecule has 1 unspecified atom stereocenters. The van der Waals surface area contributed by atoms with Gasteiger partial charge in [0.2, 0.25) is 0 Å². The number of likely N-dealkylation sites (tertiary alicyclic amines) is 1. The van der Waals surface area contributed by atoms with Gasteiger partial charge in [0.25, 0.3) is 0 Å². The summed E-state index contributed by atoms with van der Waals surface area (Å²) in [5.41, 5.74) is 4.22. The van der Waals surface area contributed by atoms with Crippen LogP contribution in [-0.4, -0.2) is 41.2 Å². The molecule has 6 nitrogen and oxygen atoms in total. The smallest absolute Gasteiger partial charge is 0.167 e. The first-order valence-corrected chi connectivity index (χ1v) is 10.3. The largest absolute Gasteiger partial charge is 0.381 e. The molecule has 1 fully saturated rings. The number of benzene rings is 2. The van der Waals surface area contributed by atoms with Crippen molar-refractivity contribution in [1.29, 1.82) is 0 Å². The van der Waals surface area contributed by atoms with Gasteiger partial charge in [-0.3, -0.25) is 9.74 Å². The van der Waals surface area contributed by atoms with Crippen LogP contribution in [0.25, 0.3) is 10.9 Å². The van der Waals surface area contributed by atoms with E-state index in [4.69, 9.17) is 9.57 Å². The van der Waals surface area contributed by atoms with Crippen molar-refractivity contribution in [3.05, 3.63) is 64.6 Å². The molecule has 0 aliphatic carbocycles. The molecular weight excluding hydrogens is 475 g/mol. The second kappa shape index (κ2) is 10.5. The molecule has 9 heteroatoms. The molecule has 3 aromatic rings. The van der Waals surface area contributed by atoms with E-state index in [1.165, 1.54) is 12.4 Å². The first kappa shape index (κ1) is 22.8. The van der Waals surface area contributed by atoms with Crippen LogP contribution in [0.3, 0.4) is 0 Å². The third kappa shape index (κ3) is 5.07. The molecule has 0 radical (unpaired) electrons. The highest BCUT2D eigenvalue weighted by Crippen LogP contribution is 2.30. The summed E-state index contributed by atoms with van der Waals surface area (Å²) in [4.78, 5) is 16.7. The topological polar surface area (TPSA) is 59.5 Å². The molecule has 0 saturated carbocycles. The standard InChI is InChI=1S/C21H22BrFN4O2.ClH/c1-28-15-8-10-27(11-9-15)21(16-7-6-14(22)12-18(16)23)29-26-20-17-4-2-3-5-19(17)24-13-25-20;/h2-7,12-13,15,21H,8-11H2,1H3,(H,24,25,26);1H. The van der Waals surface area contributed by atoms with E-state index in [1.54, 1.807) is 13.2 Å². The fraction of sp³-hybridized carbons (Fsp3) is 0.333. The quantitative estimate of drug-likeness (QED) is 0.478. The SMILES string of the molecule is COC1CCN(C(ONc2ncnc3ccccc23)c2ccc(Br)cc2F)CC1.Cl. The van der Waals surface area contributed by atoms with Crippen LogP contribution in [0.15, 0.2) is 53.3 Å². The van der Waals surface area contributed by atoms with Crippen LogP contribution < -0.4 is 5.48 Å². The van der Waals surface area contributed by atoms with Crippen molar-refractivity contribution in [2.45, 2.75) is 25.2 Å². The van der Waals surface area contributed by atoms with E-state index in [0.717, 1.165) is 36.8 Å². The number of aromatic nitrogens is 2. The van der Waals surface area contributed by atoms with E-state index < -0.39 is 6.23 Å². The number of para-hydroxylation sites is 1. The maximum absolute atomic E-state index is 14.8. The van der Waals surface area contributed by atoms with Crippen LogP contribution in [0.2, 0.25) is 0 Å². The Balaban J connectivity index is 0.00000256. The Morgan fingerprint density at radius 2 is 1.93 bits per heavy atom. The average molecular weight is 498 g/mol. The number of halogens is 3. The lowest BCUT2D eigenvalue weighted by molar-refractivity contribution is -0.0691. The van der Waals surface area contributed by atoms with Crippen molar-refractivity contribution in [3.63, 3.8) is 0 Å². The average Bonchev–Trinajstić information content (AvgIpc) is 2.75. The second-order valence-electron chi connectivity index (χ2n) is 6.95. The molecule has 160 valence electrons. The fourth-order valence-electron chi connectivity index (χ4n) is 3.58. The first-order valence-electron chi connectivity index (χ1n) is 9.49. The van der Waals surface area contributed by atoms with Crippen LogP contribution >= 0.6 is 28.3 Å². The van der Waals surface area contributed by atoms with Crippen molar-refractivity contribution in [3.8, 4) is 0 Å². The predicted octanol–water partition coefficient (Wildman–Crippen LogP) is 5.11. The minimum atomic E-state index is -0.602. The van der Waals surface area contributed by atoms with Crippen molar-refractivity contribution in [2.75, 3.05) is 25.7 Å². The molecule has 4 rings (SSSR count). The summed E-state index contributed by atoms with van der Waals surface area (Å²) in [6.07, 6.45) is 2.83. The van der Waals surface area contributed by atoms with Crippen molar-refractivity contribution in [1.82, 2.24) is 14.9 Å². The van der Waals surface area contributed by atoms with Gasteiger partial charge in [-0.1, -0.05) is 34.1 Å². The minimum absolute atomic E-state index is 0. The van der Waals surface area contributed by atoms with E-state index in [2.05, 4.69) is 36.3 Å². The van der Waals surface area contributed by atoms with E-state index in [-0.39, 0.29) is 24.3 Å². The Labute approximate surface area is 189 Å². The Bertz CT molecular complexity index is 983. The maximum Gasteiger partial charge on any atom is 0.167 e. The summed E-state index contributed by atoms with van der Waals surface area (Å²) in [6, 6.07) is 12.7. The summed E-state index contributed by atoms with van der Waals surface area (Å²) < 4.78 is 20.9. The zero-order valence-corrected chi connectivity index (χ0v) is 18.8. The summed E-state index contributed by atoms with van der Waals surface area (Å²) in [6.45, 7) is 1.48. The lowest BCUT2D eigenvalue weighted by Gasteiger charge is -2.36.